The van der Waals surface area contributed by atoms with Gasteiger partial charge in [-0.1, -0.05) is 59.2 Å². The molecule has 158 valence electrons. The lowest BCUT2D eigenvalue weighted by atomic mass is 10.0. The Kier molecular flexibility index (Phi) is 6.28. The van der Waals surface area contributed by atoms with E-state index < -0.39 is 17.8 Å². The summed E-state index contributed by atoms with van der Waals surface area (Å²) in [6.45, 7) is 0.380. The second-order valence-electron chi connectivity index (χ2n) is 7.23. The highest BCUT2D eigenvalue weighted by molar-refractivity contribution is 6.31. The summed E-state index contributed by atoms with van der Waals surface area (Å²) in [4.78, 5) is 20.2. The number of carbonyl (C=O) groups is 1. The van der Waals surface area contributed by atoms with Crippen LogP contribution in [-0.4, -0.2) is 29.2 Å². The first kappa shape index (κ1) is 21.0. The molecule has 0 bridgehead atoms. The van der Waals surface area contributed by atoms with Crippen molar-refractivity contribution in [3.8, 4) is 0 Å². The van der Waals surface area contributed by atoms with E-state index in [-0.39, 0.29) is 24.5 Å². The van der Waals surface area contributed by atoms with Crippen LogP contribution in [0.1, 0.15) is 27.9 Å². The smallest absolute Gasteiger partial charge is 0.257 e. The summed E-state index contributed by atoms with van der Waals surface area (Å²) in [7, 11) is 0. The number of amides is 1. The lowest BCUT2D eigenvalue weighted by Crippen LogP contribution is -2.37. The second-order valence-corrected chi connectivity index (χ2v) is 7.64. The third-order valence-corrected chi connectivity index (χ3v) is 5.41. The standard InChI is InChI=1S/C24H19ClF2N2O2/c25-21-7-3-1-5-17(21)14-29(24(30)20-6-2-4-8-22(20)27)15-19-13-23(28-31-19)16-9-11-18(26)12-10-16/h1-12,19H,13-15H2/t19-/m0/s1. The molecule has 3 aromatic carbocycles. The van der Waals surface area contributed by atoms with Gasteiger partial charge in [0.15, 0.2) is 6.10 Å². The maximum Gasteiger partial charge on any atom is 0.257 e. The Morgan fingerprint density at radius 3 is 2.48 bits per heavy atom. The molecular formula is C24H19ClF2N2O2. The Morgan fingerprint density at radius 2 is 1.74 bits per heavy atom. The molecule has 0 N–H and O–H groups in total. The molecule has 1 amide bonds. The van der Waals surface area contributed by atoms with E-state index in [0.29, 0.717) is 17.2 Å². The van der Waals surface area contributed by atoms with E-state index in [1.807, 2.05) is 12.1 Å². The minimum Gasteiger partial charge on any atom is -0.390 e. The Labute approximate surface area is 183 Å². The Hall–Kier alpha value is -3.25. The normalized spacial score (nSPS) is 15.3. The molecule has 0 fully saturated rings. The quantitative estimate of drug-likeness (QED) is 0.511. The number of oxime groups is 1. The van der Waals surface area contributed by atoms with Gasteiger partial charge < -0.3 is 9.74 Å². The Bertz CT molecular complexity index is 1120. The van der Waals surface area contributed by atoms with Crippen molar-refractivity contribution in [1.82, 2.24) is 4.90 Å². The van der Waals surface area contributed by atoms with Gasteiger partial charge >= 0.3 is 0 Å². The largest absolute Gasteiger partial charge is 0.390 e. The highest BCUT2D eigenvalue weighted by atomic mass is 35.5. The van der Waals surface area contributed by atoms with Crippen LogP contribution < -0.4 is 0 Å². The molecule has 1 heterocycles. The maximum absolute atomic E-state index is 14.3. The van der Waals surface area contributed by atoms with Gasteiger partial charge in [-0.15, -0.1) is 0 Å². The van der Waals surface area contributed by atoms with Crippen LogP contribution in [-0.2, 0) is 11.4 Å². The van der Waals surface area contributed by atoms with Gasteiger partial charge in [0, 0.05) is 18.0 Å². The van der Waals surface area contributed by atoms with Gasteiger partial charge in [0.05, 0.1) is 17.8 Å². The Morgan fingerprint density at radius 1 is 1.03 bits per heavy atom. The van der Waals surface area contributed by atoms with Gasteiger partial charge in [-0.2, -0.15) is 0 Å². The number of hydrogen-bond donors (Lipinski definition) is 0. The molecule has 4 nitrogen and oxygen atoms in total. The van der Waals surface area contributed by atoms with Crippen molar-refractivity contribution in [2.24, 2.45) is 5.16 Å². The number of hydrogen-bond acceptors (Lipinski definition) is 3. The molecule has 0 saturated carbocycles. The SMILES string of the molecule is O=C(c1ccccc1F)N(Cc1ccccc1Cl)C[C@@H]1CC(c2ccc(F)cc2)=NO1. The van der Waals surface area contributed by atoms with E-state index in [0.717, 1.165) is 11.1 Å². The van der Waals surface area contributed by atoms with Crippen LogP contribution >= 0.6 is 11.6 Å². The topological polar surface area (TPSA) is 41.9 Å². The van der Waals surface area contributed by atoms with Gasteiger partial charge in [-0.05, 0) is 41.5 Å². The predicted octanol–water partition coefficient (Wildman–Crippen LogP) is 5.45. The lowest BCUT2D eigenvalue weighted by molar-refractivity contribution is 0.0402. The number of halogens is 3. The summed E-state index contributed by atoms with van der Waals surface area (Å²) in [6.07, 6.45) is 0.0214. The number of carbonyl (C=O) groups excluding carboxylic acids is 1. The summed E-state index contributed by atoms with van der Waals surface area (Å²) >= 11 is 6.29. The molecule has 0 aromatic heterocycles. The van der Waals surface area contributed by atoms with E-state index in [4.69, 9.17) is 16.4 Å². The van der Waals surface area contributed by atoms with Gasteiger partial charge in [0.2, 0.25) is 0 Å². The van der Waals surface area contributed by atoms with Crippen LogP contribution in [0.2, 0.25) is 5.02 Å². The summed E-state index contributed by atoms with van der Waals surface area (Å²) < 4.78 is 27.5. The monoisotopic (exact) mass is 440 g/mol. The van der Waals surface area contributed by atoms with Crippen LogP contribution in [0.5, 0.6) is 0 Å². The molecule has 7 heteroatoms. The summed E-state index contributed by atoms with van der Waals surface area (Å²) in [5.74, 6) is -1.38. The lowest BCUT2D eigenvalue weighted by Gasteiger charge is -2.25. The third-order valence-electron chi connectivity index (χ3n) is 5.04. The highest BCUT2D eigenvalue weighted by Gasteiger charge is 2.28. The molecule has 1 aliphatic heterocycles. The van der Waals surface area contributed by atoms with Gasteiger partial charge in [0.25, 0.3) is 5.91 Å². The zero-order valence-corrected chi connectivity index (χ0v) is 17.2. The van der Waals surface area contributed by atoms with Gasteiger partial charge in [0.1, 0.15) is 11.6 Å². The van der Waals surface area contributed by atoms with Crippen molar-refractivity contribution in [3.05, 3.63) is 106 Å². The van der Waals surface area contributed by atoms with E-state index in [1.165, 1.54) is 35.2 Å². The zero-order valence-electron chi connectivity index (χ0n) is 16.5. The van der Waals surface area contributed by atoms with Crippen LogP contribution in [0.4, 0.5) is 8.78 Å². The van der Waals surface area contributed by atoms with E-state index >= 15 is 0 Å². The molecule has 1 atom stereocenters. The third kappa shape index (κ3) is 4.91. The summed E-state index contributed by atoms with van der Waals surface area (Å²) in [6, 6.07) is 19.0. The van der Waals surface area contributed by atoms with Crippen molar-refractivity contribution >= 4 is 23.2 Å². The number of nitrogens with zero attached hydrogens (tertiary/aromatic N) is 2. The van der Waals surface area contributed by atoms with E-state index in [9.17, 15) is 13.6 Å². The molecule has 0 spiro atoms. The van der Waals surface area contributed by atoms with Crippen molar-refractivity contribution in [1.29, 1.82) is 0 Å². The van der Waals surface area contributed by atoms with Crippen LogP contribution in [0.25, 0.3) is 0 Å². The minimum absolute atomic E-state index is 0.0211. The number of rotatable bonds is 6. The van der Waals surface area contributed by atoms with E-state index in [2.05, 4.69) is 5.16 Å². The average molecular weight is 441 g/mol. The molecule has 0 aliphatic carbocycles. The Balaban J connectivity index is 1.53. The fourth-order valence-electron chi connectivity index (χ4n) is 3.44. The molecule has 0 saturated heterocycles. The first-order valence-electron chi connectivity index (χ1n) is 9.77. The summed E-state index contributed by atoms with van der Waals surface area (Å²) in [5, 5.41) is 4.62. The van der Waals surface area contributed by atoms with Crippen LogP contribution in [0.3, 0.4) is 0 Å². The number of benzene rings is 3. The zero-order chi connectivity index (χ0) is 21.8. The van der Waals surface area contributed by atoms with Crippen molar-refractivity contribution < 1.29 is 18.4 Å². The minimum atomic E-state index is -0.591. The second kappa shape index (κ2) is 9.27. The summed E-state index contributed by atoms with van der Waals surface area (Å²) in [5.41, 5.74) is 2.14. The van der Waals surface area contributed by atoms with Crippen LogP contribution in [0, 0.1) is 11.6 Å². The van der Waals surface area contributed by atoms with Gasteiger partial charge in [-0.3, -0.25) is 4.79 Å². The van der Waals surface area contributed by atoms with Crippen LogP contribution in [0.15, 0.2) is 78.0 Å². The van der Waals surface area contributed by atoms with Crippen molar-refractivity contribution in [2.45, 2.75) is 19.1 Å². The molecule has 3 aromatic rings. The fraction of sp³-hybridized carbons (Fsp3) is 0.167. The van der Waals surface area contributed by atoms with E-state index in [1.54, 1.807) is 30.3 Å². The van der Waals surface area contributed by atoms with Crippen molar-refractivity contribution in [3.63, 3.8) is 0 Å². The first-order chi connectivity index (χ1) is 15.0. The molecule has 0 radical (unpaired) electrons. The van der Waals surface area contributed by atoms with Crippen molar-refractivity contribution in [2.75, 3.05) is 6.54 Å². The molecular weight excluding hydrogens is 422 g/mol. The molecule has 1 aliphatic rings. The fourth-order valence-corrected chi connectivity index (χ4v) is 3.64. The first-order valence-corrected chi connectivity index (χ1v) is 10.1. The maximum atomic E-state index is 14.3. The molecule has 4 rings (SSSR count). The van der Waals surface area contributed by atoms with Gasteiger partial charge in [-0.25, -0.2) is 8.78 Å². The molecule has 31 heavy (non-hydrogen) atoms. The highest BCUT2D eigenvalue weighted by Crippen LogP contribution is 2.23. The average Bonchev–Trinajstić information content (AvgIpc) is 3.24. The molecule has 0 unspecified atom stereocenters. The predicted molar refractivity (Wildman–Crippen MR) is 115 cm³/mol.